The third-order valence-electron chi connectivity index (χ3n) is 4.88. The lowest BCUT2D eigenvalue weighted by Crippen LogP contribution is -2.38. The van der Waals surface area contributed by atoms with E-state index in [1.807, 2.05) is 24.1 Å². The van der Waals surface area contributed by atoms with Gasteiger partial charge in [-0.3, -0.25) is 0 Å². The maximum Gasteiger partial charge on any atom is 0.409 e. The second kappa shape index (κ2) is 7.69. The monoisotopic (exact) mass is 329 g/mol. The lowest BCUT2D eigenvalue weighted by atomic mass is 9.90. The molecular weight excluding hydrogens is 302 g/mol. The van der Waals surface area contributed by atoms with Crippen LogP contribution in [0.1, 0.15) is 51.0 Å². The molecule has 1 amide bonds. The van der Waals surface area contributed by atoms with E-state index >= 15 is 0 Å². The van der Waals surface area contributed by atoms with Gasteiger partial charge in [-0.2, -0.15) is 0 Å². The van der Waals surface area contributed by atoms with Crippen molar-refractivity contribution in [3.8, 4) is 0 Å². The molecule has 1 fully saturated rings. The fraction of sp³-hybridized carbons (Fsp3) is 0.579. The molecule has 1 aliphatic heterocycles. The second-order valence-corrected chi connectivity index (χ2v) is 6.47. The van der Waals surface area contributed by atoms with Gasteiger partial charge in [0, 0.05) is 37.4 Å². The lowest BCUT2D eigenvalue weighted by Gasteiger charge is -2.31. The second-order valence-electron chi connectivity index (χ2n) is 6.47. The first-order valence-electron chi connectivity index (χ1n) is 9.10. The smallest absolute Gasteiger partial charge is 0.409 e. The highest BCUT2D eigenvalue weighted by atomic mass is 16.6. The molecule has 3 rings (SSSR count). The SMILES string of the molecule is CCCCn1cc(C2CCN(C(=O)OCC)CC2)c2cccnc21. The third-order valence-corrected chi connectivity index (χ3v) is 4.88. The zero-order valence-corrected chi connectivity index (χ0v) is 14.7. The number of hydrogen-bond acceptors (Lipinski definition) is 3. The molecule has 24 heavy (non-hydrogen) atoms. The molecule has 2 aromatic heterocycles. The molecule has 0 spiro atoms. The highest BCUT2D eigenvalue weighted by Crippen LogP contribution is 2.34. The summed E-state index contributed by atoms with van der Waals surface area (Å²) in [5, 5.41) is 1.27. The van der Waals surface area contributed by atoms with Gasteiger partial charge >= 0.3 is 6.09 Å². The quantitative estimate of drug-likeness (QED) is 0.827. The Morgan fingerprint density at radius 1 is 1.33 bits per heavy atom. The van der Waals surface area contributed by atoms with Crippen LogP contribution in [0.4, 0.5) is 4.79 Å². The first-order valence-corrected chi connectivity index (χ1v) is 9.10. The molecule has 5 nitrogen and oxygen atoms in total. The number of carbonyl (C=O) groups excluding carboxylic acids is 1. The number of pyridine rings is 1. The zero-order chi connectivity index (χ0) is 16.9. The number of ether oxygens (including phenoxy) is 1. The average molecular weight is 329 g/mol. The number of piperidine rings is 1. The fourth-order valence-corrected chi connectivity index (χ4v) is 3.56. The summed E-state index contributed by atoms with van der Waals surface area (Å²) in [5.74, 6) is 0.491. The van der Waals surface area contributed by atoms with E-state index in [-0.39, 0.29) is 6.09 Å². The van der Waals surface area contributed by atoms with E-state index in [0.717, 1.165) is 38.1 Å². The minimum absolute atomic E-state index is 0.178. The molecule has 3 heterocycles. The number of hydrogen-bond donors (Lipinski definition) is 0. The van der Waals surface area contributed by atoms with Crippen molar-refractivity contribution in [2.24, 2.45) is 0 Å². The number of rotatable bonds is 5. The largest absolute Gasteiger partial charge is 0.450 e. The van der Waals surface area contributed by atoms with E-state index in [0.29, 0.717) is 12.5 Å². The number of nitrogens with zero attached hydrogens (tertiary/aromatic N) is 3. The van der Waals surface area contributed by atoms with E-state index in [4.69, 9.17) is 4.74 Å². The minimum Gasteiger partial charge on any atom is -0.450 e. The molecule has 0 aromatic carbocycles. The van der Waals surface area contributed by atoms with Gasteiger partial charge in [-0.1, -0.05) is 13.3 Å². The molecule has 0 aliphatic carbocycles. The fourth-order valence-electron chi connectivity index (χ4n) is 3.56. The number of aryl methyl sites for hydroxylation is 1. The predicted molar refractivity (Wildman–Crippen MR) is 95.2 cm³/mol. The third kappa shape index (κ3) is 3.40. The van der Waals surface area contributed by atoms with Gasteiger partial charge in [-0.15, -0.1) is 0 Å². The predicted octanol–water partition coefficient (Wildman–Crippen LogP) is 4.17. The molecule has 0 unspecified atom stereocenters. The molecule has 0 N–H and O–H groups in total. The van der Waals surface area contributed by atoms with Crippen molar-refractivity contribution < 1.29 is 9.53 Å². The molecular formula is C19H27N3O2. The van der Waals surface area contributed by atoms with Crippen LogP contribution >= 0.6 is 0 Å². The standard InChI is InChI=1S/C19H27N3O2/c1-3-5-11-22-14-17(16-7-6-10-20-18(16)22)15-8-12-21(13-9-15)19(23)24-4-2/h6-7,10,14-15H,3-5,8-9,11-13H2,1-2H3. The van der Waals surface area contributed by atoms with Crippen LogP contribution in [0.25, 0.3) is 11.0 Å². The maximum atomic E-state index is 11.9. The van der Waals surface area contributed by atoms with E-state index in [9.17, 15) is 4.79 Å². The maximum absolute atomic E-state index is 11.9. The Kier molecular flexibility index (Phi) is 5.38. The Bertz CT molecular complexity index is 687. The van der Waals surface area contributed by atoms with Crippen LogP contribution in [0.5, 0.6) is 0 Å². The van der Waals surface area contributed by atoms with Gasteiger partial charge in [0.15, 0.2) is 0 Å². The van der Waals surface area contributed by atoms with Crippen LogP contribution in [0.3, 0.4) is 0 Å². The van der Waals surface area contributed by atoms with E-state index in [1.54, 1.807) is 0 Å². The minimum atomic E-state index is -0.178. The van der Waals surface area contributed by atoms with Gasteiger partial charge in [-0.05, 0) is 49.8 Å². The Labute approximate surface area is 143 Å². The zero-order valence-electron chi connectivity index (χ0n) is 14.7. The van der Waals surface area contributed by atoms with E-state index < -0.39 is 0 Å². The van der Waals surface area contributed by atoms with Crippen molar-refractivity contribution in [2.45, 2.75) is 52.0 Å². The summed E-state index contributed by atoms with van der Waals surface area (Å²) in [4.78, 5) is 18.3. The molecule has 5 heteroatoms. The van der Waals surface area contributed by atoms with Crippen molar-refractivity contribution in [3.63, 3.8) is 0 Å². The summed E-state index contributed by atoms with van der Waals surface area (Å²) < 4.78 is 7.41. The Hall–Kier alpha value is -2.04. The summed E-state index contributed by atoms with van der Waals surface area (Å²) in [5.41, 5.74) is 2.48. The highest BCUT2D eigenvalue weighted by Gasteiger charge is 2.26. The van der Waals surface area contributed by atoms with Gasteiger partial charge in [0.05, 0.1) is 6.61 Å². The normalized spacial score (nSPS) is 15.8. The van der Waals surface area contributed by atoms with Crippen molar-refractivity contribution in [3.05, 3.63) is 30.1 Å². The van der Waals surface area contributed by atoms with Crippen LogP contribution in [-0.2, 0) is 11.3 Å². The van der Waals surface area contributed by atoms with Crippen LogP contribution in [0, 0.1) is 0 Å². The molecule has 0 atom stereocenters. The van der Waals surface area contributed by atoms with Gasteiger partial charge in [-0.25, -0.2) is 9.78 Å². The molecule has 0 radical (unpaired) electrons. The topological polar surface area (TPSA) is 47.4 Å². The molecule has 1 saturated heterocycles. The number of carbonyl (C=O) groups is 1. The van der Waals surface area contributed by atoms with Crippen molar-refractivity contribution in [1.82, 2.24) is 14.5 Å². The average Bonchev–Trinajstić information content (AvgIpc) is 2.99. The van der Waals surface area contributed by atoms with Gasteiger partial charge in [0.25, 0.3) is 0 Å². The molecule has 130 valence electrons. The lowest BCUT2D eigenvalue weighted by molar-refractivity contribution is 0.0971. The van der Waals surface area contributed by atoms with E-state index in [2.05, 4.69) is 28.7 Å². The number of fused-ring (bicyclic) bond motifs is 1. The first kappa shape index (κ1) is 16.8. The van der Waals surface area contributed by atoms with Crippen molar-refractivity contribution in [2.75, 3.05) is 19.7 Å². The van der Waals surface area contributed by atoms with E-state index in [1.165, 1.54) is 23.8 Å². The summed E-state index contributed by atoms with van der Waals surface area (Å²) in [6.07, 6.45) is 8.31. The molecule has 0 bridgehead atoms. The first-order chi connectivity index (χ1) is 11.7. The number of aromatic nitrogens is 2. The summed E-state index contributed by atoms with van der Waals surface area (Å²) in [7, 11) is 0. The van der Waals surface area contributed by atoms with Crippen molar-refractivity contribution in [1.29, 1.82) is 0 Å². The van der Waals surface area contributed by atoms with Crippen LogP contribution in [0.15, 0.2) is 24.5 Å². The molecule has 2 aromatic rings. The number of amides is 1. The van der Waals surface area contributed by atoms with Gasteiger partial charge < -0.3 is 14.2 Å². The highest BCUT2D eigenvalue weighted by molar-refractivity contribution is 5.81. The number of unbranched alkanes of at least 4 members (excludes halogenated alkanes) is 1. The Balaban J connectivity index is 1.77. The summed E-state index contributed by atoms with van der Waals surface area (Å²) in [6, 6.07) is 4.20. The summed E-state index contributed by atoms with van der Waals surface area (Å²) in [6.45, 7) is 7.06. The summed E-state index contributed by atoms with van der Waals surface area (Å²) >= 11 is 0. The van der Waals surface area contributed by atoms with Crippen LogP contribution in [0.2, 0.25) is 0 Å². The van der Waals surface area contributed by atoms with Crippen LogP contribution in [-0.4, -0.2) is 40.2 Å². The van der Waals surface area contributed by atoms with Crippen LogP contribution < -0.4 is 0 Å². The number of likely N-dealkylation sites (tertiary alicyclic amines) is 1. The van der Waals surface area contributed by atoms with Crippen molar-refractivity contribution >= 4 is 17.1 Å². The van der Waals surface area contributed by atoms with Gasteiger partial charge in [0.2, 0.25) is 0 Å². The Morgan fingerprint density at radius 3 is 2.83 bits per heavy atom. The molecule has 0 saturated carbocycles. The molecule has 1 aliphatic rings. The Morgan fingerprint density at radius 2 is 2.12 bits per heavy atom. The van der Waals surface area contributed by atoms with Gasteiger partial charge in [0.1, 0.15) is 5.65 Å².